The normalized spacial score (nSPS) is 26.9. The second-order valence-corrected chi connectivity index (χ2v) is 9.57. The van der Waals surface area contributed by atoms with E-state index in [1.807, 2.05) is 12.1 Å². The summed E-state index contributed by atoms with van der Waals surface area (Å²) >= 11 is 1.31. The maximum atomic E-state index is 12.8. The first-order valence-electron chi connectivity index (χ1n) is 9.00. The van der Waals surface area contributed by atoms with Crippen molar-refractivity contribution in [2.45, 2.75) is 51.3 Å². The number of thioether (sulfide) groups is 1. The minimum absolute atomic E-state index is 0.169. The molecule has 1 amide bonds. The lowest BCUT2D eigenvalue weighted by Gasteiger charge is -2.39. The van der Waals surface area contributed by atoms with Gasteiger partial charge in [0.05, 0.1) is 11.3 Å². The Morgan fingerprint density at radius 2 is 2.19 bits per heavy atom. The molecule has 1 aliphatic heterocycles. The highest BCUT2D eigenvalue weighted by molar-refractivity contribution is 7.99. The molecule has 6 nitrogen and oxygen atoms in total. The number of carbonyl (C=O) groups excluding carboxylic acids is 1. The van der Waals surface area contributed by atoms with Gasteiger partial charge >= 0.3 is 0 Å². The summed E-state index contributed by atoms with van der Waals surface area (Å²) in [5, 5.41) is 8.51. The van der Waals surface area contributed by atoms with Gasteiger partial charge in [-0.1, -0.05) is 32.5 Å². The fourth-order valence-electron chi connectivity index (χ4n) is 4.83. The van der Waals surface area contributed by atoms with Crippen molar-refractivity contribution < 1.29 is 9.21 Å². The molecule has 2 fully saturated rings. The number of rotatable bonds is 4. The summed E-state index contributed by atoms with van der Waals surface area (Å²) in [5.74, 6) is 0.934. The maximum absolute atomic E-state index is 12.8. The minimum Gasteiger partial charge on any atom is -0.411 e. The van der Waals surface area contributed by atoms with Crippen LogP contribution >= 0.6 is 11.8 Å². The second-order valence-electron chi connectivity index (χ2n) is 8.64. The Balaban J connectivity index is 1.39. The van der Waals surface area contributed by atoms with Gasteiger partial charge in [-0.3, -0.25) is 9.78 Å². The quantitative estimate of drug-likeness (QED) is 0.763. The summed E-state index contributed by atoms with van der Waals surface area (Å²) in [4.78, 5) is 18.9. The van der Waals surface area contributed by atoms with Crippen LogP contribution in [-0.2, 0) is 4.79 Å². The molecule has 2 bridgehead atoms. The van der Waals surface area contributed by atoms with Gasteiger partial charge in [-0.05, 0) is 42.2 Å². The van der Waals surface area contributed by atoms with E-state index in [0.29, 0.717) is 28.3 Å². The third-order valence-electron chi connectivity index (χ3n) is 5.37. The number of amides is 1. The standard InChI is InChI=1S/C19H24N4O2S/c1-18(2)7-14-8-19(3,11-18)12-23(14)15(24)10-26-17-22-21-16(25-17)13-5-4-6-20-9-13/h4-6,9,14H,7-8,10-12H2,1-3H3/t14-,19-/m1/s1. The van der Waals surface area contributed by atoms with Crippen LogP contribution in [0.25, 0.3) is 11.5 Å². The van der Waals surface area contributed by atoms with Gasteiger partial charge in [0.1, 0.15) is 0 Å². The predicted octanol–water partition coefficient (Wildman–Crippen LogP) is 3.65. The summed E-state index contributed by atoms with van der Waals surface area (Å²) < 4.78 is 5.65. The lowest BCUT2D eigenvalue weighted by atomic mass is 9.65. The van der Waals surface area contributed by atoms with Crippen molar-refractivity contribution >= 4 is 17.7 Å². The van der Waals surface area contributed by atoms with Crippen LogP contribution in [0, 0.1) is 10.8 Å². The number of hydrogen-bond donors (Lipinski definition) is 0. The van der Waals surface area contributed by atoms with Crippen molar-refractivity contribution in [2.75, 3.05) is 12.3 Å². The molecule has 7 heteroatoms. The van der Waals surface area contributed by atoms with Crippen LogP contribution in [0.3, 0.4) is 0 Å². The molecule has 3 heterocycles. The third kappa shape index (κ3) is 3.49. The fraction of sp³-hybridized carbons (Fsp3) is 0.579. The van der Waals surface area contributed by atoms with Gasteiger partial charge in [-0.15, -0.1) is 10.2 Å². The Hall–Kier alpha value is -1.89. The van der Waals surface area contributed by atoms with Gasteiger partial charge in [0.15, 0.2) is 0 Å². The lowest BCUT2D eigenvalue weighted by molar-refractivity contribution is -0.129. The summed E-state index contributed by atoms with van der Waals surface area (Å²) in [5.41, 5.74) is 1.34. The van der Waals surface area contributed by atoms with E-state index in [9.17, 15) is 4.79 Å². The Morgan fingerprint density at radius 1 is 1.35 bits per heavy atom. The Labute approximate surface area is 157 Å². The zero-order valence-corrected chi connectivity index (χ0v) is 16.3. The molecule has 138 valence electrons. The van der Waals surface area contributed by atoms with Gasteiger partial charge in [0.2, 0.25) is 11.8 Å². The van der Waals surface area contributed by atoms with Crippen LogP contribution in [0.5, 0.6) is 0 Å². The van der Waals surface area contributed by atoms with E-state index >= 15 is 0 Å². The fourth-order valence-corrected chi connectivity index (χ4v) is 5.48. The highest BCUT2D eigenvalue weighted by Crippen LogP contribution is 2.52. The van der Waals surface area contributed by atoms with Crippen LogP contribution in [0.1, 0.15) is 40.0 Å². The Kier molecular flexibility index (Phi) is 4.29. The van der Waals surface area contributed by atoms with E-state index in [4.69, 9.17) is 4.42 Å². The first-order valence-corrected chi connectivity index (χ1v) is 9.98. The highest BCUT2D eigenvalue weighted by atomic mass is 32.2. The number of hydrogen-bond acceptors (Lipinski definition) is 6. The molecule has 26 heavy (non-hydrogen) atoms. The van der Waals surface area contributed by atoms with Crippen LogP contribution in [-0.4, -0.2) is 44.3 Å². The van der Waals surface area contributed by atoms with Crippen LogP contribution in [0.4, 0.5) is 0 Å². The van der Waals surface area contributed by atoms with Gasteiger partial charge in [0.25, 0.3) is 5.22 Å². The van der Waals surface area contributed by atoms with E-state index in [-0.39, 0.29) is 11.3 Å². The molecular formula is C19H24N4O2S. The number of carbonyl (C=O) groups is 1. The molecule has 0 spiro atoms. The molecule has 4 rings (SSSR count). The van der Waals surface area contributed by atoms with Crippen LogP contribution < -0.4 is 0 Å². The number of likely N-dealkylation sites (tertiary alicyclic amines) is 1. The monoisotopic (exact) mass is 372 g/mol. The highest BCUT2D eigenvalue weighted by Gasteiger charge is 2.50. The SMILES string of the molecule is CC1(C)C[C@@H]2C[C@@](C)(CN2C(=O)CSc2nnc(-c3cccnc3)o2)C1. The molecule has 1 saturated carbocycles. The molecular weight excluding hydrogens is 348 g/mol. The topological polar surface area (TPSA) is 72.1 Å². The van der Waals surface area contributed by atoms with Gasteiger partial charge in [-0.25, -0.2) is 0 Å². The summed E-state index contributed by atoms with van der Waals surface area (Å²) in [6, 6.07) is 4.06. The van der Waals surface area contributed by atoms with E-state index in [0.717, 1.165) is 24.9 Å². The molecule has 0 radical (unpaired) electrons. The van der Waals surface area contributed by atoms with Gasteiger partial charge < -0.3 is 9.32 Å². The predicted molar refractivity (Wildman–Crippen MR) is 99.5 cm³/mol. The lowest BCUT2D eigenvalue weighted by Crippen LogP contribution is -2.38. The number of pyridine rings is 1. The smallest absolute Gasteiger partial charge is 0.277 e. The molecule has 1 aliphatic carbocycles. The van der Waals surface area contributed by atoms with Crippen molar-refractivity contribution in [1.29, 1.82) is 0 Å². The van der Waals surface area contributed by atoms with Crippen molar-refractivity contribution in [3.63, 3.8) is 0 Å². The summed E-state index contributed by atoms with van der Waals surface area (Å²) in [6.45, 7) is 7.82. The van der Waals surface area contributed by atoms with Crippen molar-refractivity contribution in [3.05, 3.63) is 24.5 Å². The van der Waals surface area contributed by atoms with E-state index in [1.165, 1.54) is 18.2 Å². The maximum Gasteiger partial charge on any atom is 0.277 e. The Morgan fingerprint density at radius 3 is 2.96 bits per heavy atom. The zero-order chi connectivity index (χ0) is 18.4. The molecule has 0 aromatic carbocycles. The van der Waals surface area contributed by atoms with Crippen molar-refractivity contribution in [3.8, 4) is 11.5 Å². The Bertz CT molecular complexity index is 807. The third-order valence-corrected chi connectivity index (χ3v) is 6.17. The number of nitrogens with zero attached hydrogens (tertiary/aromatic N) is 4. The molecule has 0 N–H and O–H groups in total. The molecule has 2 aromatic heterocycles. The molecule has 0 unspecified atom stereocenters. The first-order chi connectivity index (χ1) is 12.3. The second kappa shape index (κ2) is 6.37. The molecule has 2 atom stereocenters. The average molecular weight is 372 g/mol. The summed E-state index contributed by atoms with van der Waals surface area (Å²) in [6.07, 6.45) is 6.77. The number of aromatic nitrogens is 3. The largest absolute Gasteiger partial charge is 0.411 e. The summed E-state index contributed by atoms with van der Waals surface area (Å²) in [7, 11) is 0. The van der Waals surface area contributed by atoms with Crippen molar-refractivity contribution in [1.82, 2.24) is 20.1 Å². The van der Waals surface area contributed by atoms with Gasteiger partial charge in [0, 0.05) is 25.0 Å². The molecule has 1 saturated heterocycles. The van der Waals surface area contributed by atoms with Crippen molar-refractivity contribution in [2.24, 2.45) is 10.8 Å². The zero-order valence-electron chi connectivity index (χ0n) is 15.4. The molecule has 2 aliphatic rings. The first kappa shape index (κ1) is 17.5. The van der Waals surface area contributed by atoms with E-state index < -0.39 is 0 Å². The minimum atomic E-state index is 0.169. The van der Waals surface area contributed by atoms with E-state index in [2.05, 4.69) is 40.9 Å². The number of fused-ring (bicyclic) bond motifs is 2. The van der Waals surface area contributed by atoms with Crippen LogP contribution in [0.15, 0.2) is 34.2 Å². The molecule has 2 aromatic rings. The van der Waals surface area contributed by atoms with Crippen LogP contribution in [0.2, 0.25) is 0 Å². The average Bonchev–Trinajstić information content (AvgIpc) is 3.15. The van der Waals surface area contributed by atoms with E-state index in [1.54, 1.807) is 12.4 Å². The van der Waals surface area contributed by atoms with Gasteiger partial charge in [-0.2, -0.15) is 0 Å².